The normalized spacial score (nSPS) is 14.8. The van der Waals surface area contributed by atoms with Gasteiger partial charge in [-0.2, -0.15) is 0 Å². The van der Waals surface area contributed by atoms with Crippen LogP contribution >= 0.6 is 22.9 Å². The topological polar surface area (TPSA) is 45.7 Å². The Morgan fingerprint density at radius 1 is 1.14 bits per heavy atom. The molecule has 0 bridgehead atoms. The van der Waals surface area contributed by atoms with Gasteiger partial charge < -0.3 is 9.64 Å². The number of aromatic nitrogens is 1. The maximum atomic E-state index is 12.7. The molecule has 4 rings (SSSR count). The van der Waals surface area contributed by atoms with E-state index < -0.39 is 0 Å². The number of ether oxygens (including phenoxy) is 1. The van der Waals surface area contributed by atoms with Crippen molar-refractivity contribution in [1.29, 1.82) is 0 Å². The van der Waals surface area contributed by atoms with Crippen molar-refractivity contribution >= 4 is 28.8 Å². The summed E-state index contributed by atoms with van der Waals surface area (Å²) in [5, 5.41) is 3.67. The maximum absolute atomic E-state index is 12.7. The predicted molar refractivity (Wildman–Crippen MR) is 117 cm³/mol. The number of rotatable bonds is 5. The molecule has 0 saturated carbocycles. The number of carbonyl (C=O) groups is 1. The molecule has 0 atom stereocenters. The first kappa shape index (κ1) is 19.9. The van der Waals surface area contributed by atoms with Crippen LogP contribution in [0.25, 0.3) is 11.3 Å². The minimum Gasteiger partial charge on any atom is -0.497 e. The fourth-order valence-corrected chi connectivity index (χ4v) is 4.47. The molecule has 0 radical (unpaired) electrons. The molecule has 0 N–H and O–H groups in total. The standard InChI is InChI=1S/C22H22ClN3O2S/c1-28-17-6-4-5-16(13-17)20-15-29-21(24-20)14-25-9-11-26(12-10-25)22(27)18-7-2-3-8-19(18)23/h2-8,13,15H,9-12,14H2,1H3. The summed E-state index contributed by atoms with van der Waals surface area (Å²) in [6, 6.07) is 15.2. The van der Waals surface area contributed by atoms with Crippen molar-refractivity contribution in [2.24, 2.45) is 0 Å². The highest BCUT2D eigenvalue weighted by Crippen LogP contribution is 2.26. The van der Waals surface area contributed by atoms with Crippen molar-refractivity contribution < 1.29 is 9.53 Å². The van der Waals surface area contributed by atoms with Crippen molar-refractivity contribution in [3.05, 3.63) is 69.5 Å². The van der Waals surface area contributed by atoms with Gasteiger partial charge in [-0.3, -0.25) is 9.69 Å². The second-order valence-electron chi connectivity index (χ2n) is 6.91. The van der Waals surface area contributed by atoms with Crippen LogP contribution in [0.4, 0.5) is 0 Å². The molecule has 150 valence electrons. The van der Waals surface area contributed by atoms with E-state index in [4.69, 9.17) is 21.3 Å². The van der Waals surface area contributed by atoms with E-state index in [1.165, 1.54) is 0 Å². The number of nitrogens with zero attached hydrogens (tertiary/aromatic N) is 3. The van der Waals surface area contributed by atoms with Crippen LogP contribution in [0, 0.1) is 0 Å². The van der Waals surface area contributed by atoms with Crippen LogP contribution in [0.15, 0.2) is 53.9 Å². The van der Waals surface area contributed by atoms with Gasteiger partial charge in [-0.05, 0) is 24.3 Å². The zero-order chi connectivity index (χ0) is 20.2. The summed E-state index contributed by atoms with van der Waals surface area (Å²) in [6.07, 6.45) is 0. The number of hydrogen-bond donors (Lipinski definition) is 0. The third-order valence-corrected chi connectivity index (χ3v) is 6.20. The van der Waals surface area contributed by atoms with Crippen LogP contribution in [0.5, 0.6) is 5.75 Å². The third kappa shape index (κ3) is 4.61. The maximum Gasteiger partial charge on any atom is 0.255 e. The number of methoxy groups -OCH3 is 1. The van der Waals surface area contributed by atoms with Crippen LogP contribution in [-0.4, -0.2) is 54.0 Å². The molecule has 0 aliphatic carbocycles. The Hall–Kier alpha value is -2.41. The second kappa shape index (κ2) is 8.95. The first-order valence-electron chi connectivity index (χ1n) is 9.49. The number of carbonyl (C=O) groups excluding carboxylic acids is 1. The number of amides is 1. The monoisotopic (exact) mass is 427 g/mol. The Labute approximate surface area is 179 Å². The number of hydrogen-bond acceptors (Lipinski definition) is 5. The van der Waals surface area contributed by atoms with Gasteiger partial charge in [-0.25, -0.2) is 4.98 Å². The molecule has 2 aromatic carbocycles. The van der Waals surface area contributed by atoms with E-state index in [1.54, 1.807) is 30.6 Å². The average molecular weight is 428 g/mol. The van der Waals surface area contributed by atoms with E-state index >= 15 is 0 Å². The van der Waals surface area contributed by atoms with Gasteiger partial charge in [0, 0.05) is 37.1 Å². The van der Waals surface area contributed by atoms with Gasteiger partial charge in [0.15, 0.2) is 0 Å². The Morgan fingerprint density at radius 2 is 1.93 bits per heavy atom. The first-order chi connectivity index (χ1) is 14.1. The predicted octanol–water partition coefficient (Wildman–Crippen LogP) is 4.43. The lowest BCUT2D eigenvalue weighted by molar-refractivity contribution is 0.0628. The van der Waals surface area contributed by atoms with Gasteiger partial charge in [0.25, 0.3) is 5.91 Å². The van der Waals surface area contributed by atoms with Gasteiger partial charge in [-0.15, -0.1) is 11.3 Å². The number of thiazole rings is 1. The molecule has 1 amide bonds. The van der Waals surface area contributed by atoms with Crippen LogP contribution in [0.1, 0.15) is 15.4 Å². The van der Waals surface area contributed by atoms with E-state index in [9.17, 15) is 4.79 Å². The zero-order valence-corrected chi connectivity index (χ0v) is 17.7. The summed E-state index contributed by atoms with van der Waals surface area (Å²) in [5.41, 5.74) is 2.60. The molecule has 7 heteroatoms. The van der Waals surface area contributed by atoms with E-state index in [0.29, 0.717) is 23.7 Å². The summed E-state index contributed by atoms with van der Waals surface area (Å²) in [4.78, 5) is 21.7. The zero-order valence-electron chi connectivity index (χ0n) is 16.2. The Kier molecular flexibility index (Phi) is 6.13. The van der Waals surface area contributed by atoms with E-state index in [-0.39, 0.29) is 5.91 Å². The van der Waals surface area contributed by atoms with Gasteiger partial charge >= 0.3 is 0 Å². The van der Waals surface area contributed by atoms with E-state index in [1.807, 2.05) is 41.3 Å². The largest absolute Gasteiger partial charge is 0.497 e. The molecule has 0 unspecified atom stereocenters. The quantitative estimate of drug-likeness (QED) is 0.604. The highest BCUT2D eigenvalue weighted by atomic mass is 35.5. The van der Waals surface area contributed by atoms with Gasteiger partial charge in [0.1, 0.15) is 10.8 Å². The van der Waals surface area contributed by atoms with Crippen LogP contribution < -0.4 is 4.74 Å². The molecule has 1 saturated heterocycles. The van der Waals surface area contributed by atoms with Crippen molar-refractivity contribution in [2.75, 3.05) is 33.3 Å². The fourth-order valence-electron chi connectivity index (χ4n) is 3.40. The van der Waals surface area contributed by atoms with Gasteiger partial charge in [0.2, 0.25) is 0 Å². The molecule has 0 spiro atoms. The molecule has 1 aliphatic rings. The number of piperazine rings is 1. The second-order valence-corrected chi connectivity index (χ2v) is 8.26. The van der Waals surface area contributed by atoms with Crippen LogP contribution in [0.3, 0.4) is 0 Å². The summed E-state index contributed by atoms with van der Waals surface area (Å²) >= 11 is 7.84. The number of halogens is 1. The molecular weight excluding hydrogens is 406 g/mol. The Balaban J connectivity index is 1.35. The average Bonchev–Trinajstić information content (AvgIpc) is 3.23. The lowest BCUT2D eigenvalue weighted by Gasteiger charge is -2.34. The number of benzene rings is 2. The van der Waals surface area contributed by atoms with Gasteiger partial charge in [0.05, 0.1) is 29.9 Å². The van der Waals surface area contributed by atoms with Crippen LogP contribution in [0.2, 0.25) is 5.02 Å². The summed E-state index contributed by atoms with van der Waals surface area (Å²) in [5.74, 6) is 0.834. The minimum absolute atomic E-state index is 0.00445. The molecule has 2 heterocycles. The molecule has 1 fully saturated rings. The summed E-state index contributed by atoms with van der Waals surface area (Å²) in [7, 11) is 1.67. The highest BCUT2D eigenvalue weighted by molar-refractivity contribution is 7.09. The van der Waals surface area contributed by atoms with E-state index in [0.717, 1.165) is 41.6 Å². The lowest BCUT2D eigenvalue weighted by atomic mass is 10.1. The lowest BCUT2D eigenvalue weighted by Crippen LogP contribution is -2.48. The van der Waals surface area contributed by atoms with Gasteiger partial charge in [-0.1, -0.05) is 35.9 Å². The van der Waals surface area contributed by atoms with Crippen molar-refractivity contribution in [1.82, 2.24) is 14.8 Å². The Bertz CT molecular complexity index is 999. The molecule has 3 aromatic rings. The molecule has 29 heavy (non-hydrogen) atoms. The smallest absolute Gasteiger partial charge is 0.255 e. The fraction of sp³-hybridized carbons (Fsp3) is 0.273. The SMILES string of the molecule is COc1cccc(-c2csc(CN3CCN(C(=O)c4ccccc4Cl)CC3)n2)c1. The first-order valence-corrected chi connectivity index (χ1v) is 10.7. The highest BCUT2D eigenvalue weighted by Gasteiger charge is 2.24. The molecular formula is C22H22ClN3O2S. The van der Waals surface area contributed by atoms with Crippen molar-refractivity contribution in [3.63, 3.8) is 0 Å². The Morgan fingerprint density at radius 3 is 2.69 bits per heavy atom. The van der Waals surface area contributed by atoms with Crippen LogP contribution in [-0.2, 0) is 6.54 Å². The van der Waals surface area contributed by atoms with Crippen molar-refractivity contribution in [2.45, 2.75) is 6.54 Å². The molecule has 5 nitrogen and oxygen atoms in total. The van der Waals surface area contributed by atoms with Crippen molar-refractivity contribution in [3.8, 4) is 17.0 Å². The molecule has 1 aliphatic heterocycles. The molecule has 1 aromatic heterocycles. The third-order valence-electron chi connectivity index (χ3n) is 5.04. The summed E-state index contributed by atoms with van der Waals surface area (Å²) in [6.45, 7) is 3.83. The minimum atomic E-state index is 0.00445. The summed E-state index contributed by atoms with van der Waals surface area (Å²) < 4.78 is 5.30. The van der Waals surface area contributed by atoms with E-state index in [2.05, 4.69) is 10.3 Å².